The van der Waals surface area contributed by atoms with Crippen molar-refractivity contribution < 1.29 is 22.2 Å². The van der Waals surface area contributed by atoms with Gasteiger partial charge in [-0.25, -0.2) is 15.0 Å². The van der Waals surface area contributed by atoms with E-state index in [1.54, 1.807) is 13.8 Å². The number of guanidine groups is 1. The van der Waals surface area contributed by atoms with Crippen molar-refractivity contribution in [3.8, 4) is 0 Å². The second-order valence-corrected chi connectivity index (χ2v) is 7.94. The molecular formula is C16H19N7O5S. The Balaban J connectivity index is 0.000000188. The highest BCUT2D eigenvalue weighted by atomic mass is 32.2. The van der Waals surface area contributed by atoms with Gasteiger partial charge in [-0.1, -0.05) is 0 Å². The quantitative estimate of drug-likeness (QED) is 0.380. The molecule has 2 unspecified atom stereocenters. The van der Waals surface area contributed by atoms with Gasteiger partial charge in [-0.15, -0.1) is 0 Å². The van der Waals surface area contributed by atoms with Crippen molar-refractivity contribution in [2.75, 3.05) is 10.6 Å². The third-order valence-electron chi connectivity index (χ3n) is 4.60. The minimum Gasteiger partial charge on any atom is -0.431 e. The summed E-state index contributed by atoms with van der Waals surface area (Å²) in [4.78, 5) is 25.9. The van der Waals surface area contributed by atoms with E-state index in [0.29, 0.717) is 5.69 Å². The van der Waals surface area contributed by atoms with Crippen LogP contribution >= 0.6 is 0 Å². The summed E-state index contributed by atoms with van der Waals surface area (Å²) in [7, 11) is -4.08. The van der Waals surface area contributed by atoms with Crippen molar-refractivity contribution in [1.29, 1.82) is 0 Å². The molecule has 1 aromatic carbocycles. The largest absolute Gasteiger partial charge is 0.431 e. The van der Waals surface area contributed by atoms with Crippen molar-refractivity contribution in [3.63, 3.8) is 0 Å². The molecule has 0 spiro atoms. The Labute approximate surface area is 166 Å². The number of nitrogen functional groups attached to an aromatic ring is 1. The van der Waals surface area contributed by atoms with Gasteiger partial charge in [0.1, 0.15) is 6.26 Å². The van der Waals surface area contributed by atoms with Crippen LogP contribution in [0, 0.1) is 0 Å². The first-order valence-electron chi connectivity index (χ1n) is 8.22. The van der Waals surface area contributed by atoms with E-state index >= 15 is 0 Å². The van der Waals surface area contributed by atoms with E-state index in [1.165, 1.54) is 43.1 Å². The molecule has 1 aromatic heterocycles. The molecule has 2 aromatic rings. The van der Waals surface area contributed by atoms with Crippen LogP contribution in [-0.4, -0.2) is 47.4 Å². The lowest BCUT2D eigenvalue weighted by Gasteiger charge is -2.41. The molecule has 3 heterocycles. The summed E-state index contributed by atoms with van der Waals surface area (Å²) in [6.45, 7) is 3.45. The summed E-state index contributed by atoms with van der Waals surface area (Å²) in [6, 6.07) is 5.39. The van der Waals surface area contributed by atoms with Gasteiger partial charge in [0.25, 0.3) is 16.0 Å². The molecule has 4 rings (SSSR count). The van der Waals surface area contributed by atoms with Gasteiger partial charge >= 0.3 is 6.01 Å². The van der Waals surface area contributed by atoms with Crippen LogP contribution in [0.5, 0.6) is 0 Å². The predicted octanol–water partition coefficient (Wildman–Crippen LogP) is -0.0422. The molecule has 0 saturated carbocycles. The number of carbonyl (C=O) groups is 1. The molecule has 0 radical (unpaired) electrons. The Kier molecular flexibility index (Phi) is 4.80. The van der Waals surface area contributed by atoms with E-state index in [4.69, 9.17) is 20.4 Å². The van der Waals surface area contributed by atoms with Crippen molar-refractivity contribution in [1.82, 2.24) is 10.3 Å². The van der Waals surface area contributed by atoms with E-state index in [1.807, 2.05) is 0 Å². The van der Waals surface area contributed by atoms with Crippen LogP contribution in [0.1, 0.15) is 13.8 Å². The molecule has 1 amide bonds. The maximum absolute atomic E-state index is 12.6. The first-order valence-corrected chi connectivity index (χ1v) is 9.66. The second-order valence-electron chi connectivity index (χ2n) is 6.52. The van der Waals surface area contributed by atoms with Crippen molar-refractivity contribution in [3.05, 3.63) is 36.7 Å². The third-order valence-corrected chi connectivity index (χ3v) is 5.46. The van der Waals surface area contributed by atoms with Crippen LogP contribution in [0.15, 0.2) is 56.0 Å². The van der Waals surface area contributed by atoms with Crippen LogP contribution in [0.3, 0.4) is 0 Å². The zero-order valence-electron chi connectivity index (χ0n) is 15.5. The van der Waals surface area contributed by atoms with Crippen molar-refractivity contribution in [2.24, 2.45) is 15.7 Å². The fourth-order valence-corrected chi connectivity index (χ4v) is 3.19. The summed E-state index contributed by atoms with van der Waals surface area (Å²) in [5.74, 6) is -0.291. The highest BCUT2D eigenvalue weighted by molar-refractivity contribution is 7.85. The summed E-state index contributed by atoms with van der Waals surface area (Å²) < 4.78 is 34.5. The molecule has 2 aliphatic heterocycles. The zero-order chi connectivity index (χ0) is 21.4. The minimum absolute atomic E-state index is 0.0169. The summed E-state index contributed by atoms with van der Waals surface area (Å²) >= 11 is 0. The topological polar surface area (TPSA) is 189 Å². The SMILES string of the molecule is CC12N=CNC1(C)C(=O)N(c1ncco1)C(N)=N2.Nc1ccc(S(=O)(=O)O)cc1. The maximum Gasteiger partial charge on any atom is 0.311 e. The molecule has 13 heteroatoms. The number of hydrogen-bond acceptors (Lipinski definition) is 10. The fraction of sp³-hybridized carbons (Fsp3) is 0.250. The molecule has 29 heavy (non-hydrogen) atoms. The van der Waals surface area contributed by atoms with Gasteiger partial charge in [0.15, 0.2) is 11.2 Å². The summed E-state index contributed by atoms with van der Waals surface area (Å²) in [5.41, 5.74) is 9.62. The van der Waals surface area contributed by atoms with E-state index in [2.05, 4.69) is 20.3 Å². The van der Waals surface area contributed by atoms with Crippen molar-refractivity contribution >= 4 is 40.0 Å². The van der Waals surface area contributed by atoms with Gasteiger partial charge < -0.3 is 21.2 Å². The van der Waals surface area contributed by atoms with Crippen LogP contribution < -0.4 is 21.7 Å². The lowest BCUT2D eigenvalue weighted by molar-refractivity contribution is -0.125. The maximum atomic E-state index is 12.6. The number of nitrogens with zero attached hydrogens (tertiary/aromatic N) is 4. The van der Waals surface area contributed by atoms with Crippen LogP contribution in [0.4, 0.5) is 11.7 Å². The summed E-state index contributed by atoms with van der Waals surface area (Å²) in [6.07, 6.45) is 4.27. The number of hydrogen-bond donors (Lipinski definition) is 4. The Morgan fingerprint density at radius 2 is 1.86 bits per heavy atom. The average molecular weight is 421 g/mol. The second kappa shape index (κ2) is 6.86. The normalized spacial score (nSPS) is 25.6. The fourth-order valence-electron chi connectivity index (χ4n) is 2.71. The smallest absolute Gasteiger partial charge is 0.311 e. The van der Waals surface area contributed by atoms with E-state index in [0.717, 1.165) is 4.90 Å². The molecule has 0 bridgehead atoms. The van der Waals surface area contributed by atoms with Gasteiger partial charge in [0.05, 0.1) is 17.4 Å². The third kappa shape index (κ3) is 3.52. The van der Waals surface area contributed by atoms with E-state index in [-0.39, 0.29) is 22.8 Å². The molecule has 0 fully saturated rings. The van der Waals surface area contributed by atoms with Crippen LogP contribution in [0.2, 0.25) is 0 Å². The summed E-state index contributed by atoms with van der Waals surface area (Å²) in [5, 5.41) is 2.92. The lowest BCUT2D eigenvalue weighted by atomic mass is 9.86. The van der Waals surface area contributed by atoms with Crippen LogP contribution in [-0.2, 0) is 14.9 Å². The van der Waals surface area contributed by atoms with Gasteiger partial charge in [-0.05, 0) is 38.1 Å². The van der Waals surface area contributed by atoms with Crippen LogP contribution in [0.25, 0.3) is 0 Å². The number of fused-ring (bicyclic) bond motifs is 1. The first kappa shape index (κ1) is 20.3. The molecule has 0 saturated heterocycles. The first-order chi connectivity index (χ1) is 13.5. The molecule has 2 aliphatic rings. The molecule has 2 atom stereocenters. The number of carbonyl (C=O) groups excluding carboxylic acids is 1. The highest BCUT2D eigenvalue weighted by Gasteiger charge is 2.59. The highest BCUT2D eigenvalue weighted by Crippen LogP contribution is 2.36. The predicted molar refractivity (Wildman–Crippen MR) is 105 cm³/mol. The van der Waals surface area contributed by atoms with Gasteiger partial charge in [0, 0.05) is 5.69 Å². The Hall–Kier alpha value is -3.45. The van der Waals surface area contributed by atoms with Gasteiger partial charge in [0.2, 0.25) is 5.96 Å². The Morgan fingerprint density at radius 1 is 1.21 bits per heavy atom. The standard InChI is InChI=1S/C10H12N6O2.C6H7NO3S/c1-9-6(17)16(8-12-3-4-18-8)7(11)15-10(9,2)14-5-13-9;7-5-1-3-6(4-2-5)11(8,9)10/h3-5H,1-2H3,(H2,11,15)(H,13,14);1-4H,7H2,(H,8,9,10). The minimum atomic E-state index is -4.08. The molecule has 12 nitrogen and oxygen atoms in total. The van der Waals surface area contributed by atoms with E-state index in [9.17, 15) is 13.2 Å². The molecule has 154 valence electrons. The number of benzene rings is 1. The molecular weight excluding hydrogens is 402 g/mol. The number of aliphatic imine (C=N–C) groups is 2. The lowest BCUT2D eigenvalue weighted by Crippen LogP contribution is -2.69. The number of nitrogens with two attached hydrogens (primary N) is 2. The number of oxazole rings is 1. The zero-order valence-corrected chi connectivity index (χ0v) is 16.3. The number of nitrogens with one attached hydrogen (secondary N) is 1. The number of aromatic nitrogens is 1. The van der Waals surface area contributed by atoms with Crippen molar-refractivity contribution in [2.45, 2.75) is 29.9 Å². The average Bonchev–Trinajstić information content (AvgIpc) is 3.24. The molecule has 6 N–H and O–H groups in total. The number of rotatable bonds is 2. The number of anilines is 2. The molecule has 0 aliphatic carbocycles. The van der Waals surface area contributed by atoms with E-state index < -0.39 is 21.3 Å². The van der Waals surface area contributed by atoms with Gasteiger partial charge in [-0.3, -0.25) is 9.35 Å². The number of amides is 1. The monoisotopic (exact) mass is 421 g/mol. The Morgan fingerprint density at radius 3 is 2.41 bits per heavy atom. The Bertz CT molecular complexity index is 1080. The van der Waals surface area contributed by atoms with Gasteiger partial charge in [-0.2, -0.15) is 13.3 Å².